The van der Waals surface area contributed by atoms with E-state index in [4.69, 9.17) is 9.73 Å². The Kier molecular flexibility index (Phi) is 5.34. The second-order valence-electron chi connectivity index (χ2n) is 9.65. The van der Waals surface area contributed by atoms with Crippen LogP contribution in [0.25, 0.3) is 0 Å². The van der Waals surface area contributed by atoms with Crippen LogP contribution >= 0.6 is 0 Å². The first-order valence-electron chi connectivity index (χ1n) is 11.2. The number of aliphatic hydroxyl groups is 1. The lowest BCUT2D eigenvalue weighted by Gasteiger charge is -2.29. The molecular formula is C25H28FN3O3. The summed E-state index contributed by atoms with van der Waals surface area (Å²) in [5.41, 5.74) is 2.50. The average Bonchev–Trinajstić information content (AvgIpc) is 3.47. The molecule has 1 aromatic heterocycles. The summed E-state index contributed by atoms with van der Waals surface area (Å²) < 4.78 is 19.0. The Morgan fingerprint density at radius 1 is 1.34 bits per heavy atom. The average molecular weight is 438 g/mol. The molecule has 0 aliphatic carbocycles. The summed E-state index contributed by atoms with van der Waals surface area (Å²) in [5, 5.41) is 10.6. The number of morpholine rings is 1. The molecule has 3 atom stereocenters. The number of halogens is 1. The Bertz CT molecular complexity index is 1060. The Morgan fingerprint density at radius 2 is 2.12 bits per heavy atom. The zero-order chi connectivity index (χ0) is 22.5. The Balaban J connectivity index is 1.27. The molecule has 3 aliphatic rings. The molecule has 0 amide bonds. The zero-order valence-electron chi connectivity index (χ0n) is 18.4. The van der Waals surface area contributed by atoms with E-state index < -0.39 is 11.5 Å². The lowest BCUT2D eigenvalue weighted by molar-refractivity contribution is -0.120. The molecule has 7 heteroatoms. The zero-order valence-corrected chi connectivity index (χ0v) is 18.4. The van der Waals surface area contributed by atoms with Crippen molar-refractivity contribution in [3.05, 3.63) is 64.7 Å². The summed E-state index contributed by atoms with van der Waals surface area (Å²) in [5.74, 6) is 0.224. The van der Waals surface area contributed by atoms with Crippen LogP contribution < -0.4 is 0 Å². The predicted octanol–water partition coefficient (Wildman–Crippen LogP) is 3.01. The largest absolute Gasteiger partial charge is 0.390 e. The number of ether oxygens (including phenoxy) is 1. The smallest absolute Gasteiger partial charge is 0.139 e. The first-order valence-corrected chi connectivity index (χ1v) is 11.2. The number of carbonyl (C=O) groups is 1. The van der Waals surface area contributed by atoms with Crippen LogP contribution in [-0.2, 0) is 22.5 Å². The van der Waals surface area contributed by atoms with Crippen molar-refractivity contribution >= 4 is 11.6 Å². The maximum absolute atomic E-state index is 13.3. The summed E-state index contributed by atoms with van der Waals surface area (Å²) in [6.07, 6.45) is 3.56. The van der Waals surface area contributed by atoms with Gasteiger partial charge in [0, 0.05) is 42.8 Å². The van der Waals surface area contributed by atoms with Crippen molar-refractivity contribution in [2.24, 2.45) is 4.99 Å². The number of fused-ring (bicyclic) bond motifs is 3. The van der Waals surface area contributed by atoms with Gasteiger partial charge in [0.1, 0.15) is 17.4 Å². The number of likely N-dealkylation sites (tertiary alicyclic amines) is 1. The second-order valence-corrected chi connectivity index (χ2v) is 9.65. The minimum absolute atomic E-state index is 0.0120. The van der Waals surface area contributed by atoms with E-state index in [0.29, 0.717) is 24.4 Å². The number of aliphatic imine (C=N–C) groups is 1. The van der Waals surface area contributed by atoms with E-state index >= 15 is 0 Å². The number of aromatic nitrogens is 1. The van der Waals surface area contributed by atoms with Crippen molar-refractivity contribution in [3.63, 3.8) is 0 Å². The van der Waals surface area contributed by atoms with Gasteiger partial charge in [0.15, 0.2) is 0 Å². The number of rotatable bonds is 6. The van der Waals surface area contributed by atoms with Crippen molar-refractivity contribution in [1.82, 2.24) is 9.88 Å². The number of ketones is 1. The van der Waals surface area contributed by atoms with Gasteiger partial charge < -0.3 is 14.7 Å². The third-order valence-corrected chi connectivity index (χ3v) is 6.79. The standard InChI is InChI=1S/C25H28FN3O3/c1-25(2,31)23(15-3-5-17(26)6-4-15)10-20(30)8-18-7-16-11-28-24(22(16)12-27-18)29-13-21-9-19(29)14-32-21/h3-7,12,19,21,23,31H,8-11,13-14H2,1-2H3/t19?,21?,23-/m0/s1. The molecule has 2 aromatic rings. The van der Waals surface area contributed by atoms with Crippen molar-refractivity contribution in [2.45, 2.75) is 63.3 Å². The van der Waals surface area contributed by atoms with Gasteiger partial charge >= 0.3 is 0 Å². The van der Waals surface area contributed by atoms with E-state index in [9.17, 15) is 14.3 Å². The molecule has 6 nitrogen and oxygen atoms in total. The number of pyridine rings is 1. The molecule has 0 radical (unpaired) electrons. The fourth-order valence-electron chi connectivity index (χ4n) is 5.10. The van der Waals surface area contributed by atoms with Crippen LogP contribution in [-0.4, -0.2) is 57.5 Å². The molecule has 32 heavy (non-hydrogen) atoms. The Morgan fingerprint density at radius 3 is 2.78 bits per heavy atom. The quantitative estimate of drug-likeness (QED) is 0.752. The van der Waals surface area contributed by atoms with Gasteiger partial charge in [0.25, 0.3) is 0 Å². The molecule has 168 valence electrons. The molecular weight excluding hydrogens is 409 g/mol. The molecule has 2 fully saturated rings. The topological polar surface area (TPSA) is 75.0 Å². The minimum Gasteiger partial charge on any atom is -0.390 e. The highest BCUT2D eigenvalue weighted by molar-refractivity contribution is 6.02. The molecule has 4 heterocycles. The summed E-state index contributed by atoms with van der Waals surface area (Å²) in [4.78, 5) is 24.5. The SMILES string of the molecule is CC(C)(O)[C@@H](CC(=O)Cc1cc2c(cn1)C(N1CC3CC1CO3)=NC2)c1ccc(F)cc1. The number of benzene rings is 1. The van der Waals surface area contributed by atoms with Crippen molar-refractivity contribution in [1.29, 1.82) is 0 Å². The summed E-state index contributed by atoms with van der Waals surface area (Å²) in [7, 11) is 0. The Labute approximate surface area is 187 Å². The van der Waals surface area contributed by atoms with Gasteiger partial charge in [0.2, 0.25) is 0 Å². The van der Waals surface area contributed by atoms with E-state index in [1.165, 1.54) is 12.1 Å². The van der Waals surface area contributed by atoms with Crippen molar-refractivity contribution < 1.29 is 19.0 Å². The number of hydrogen-bond acceptors (Lipinski definition) is 6. The molecule has 1 aromatic carbocycles. The lowest BCUT2D eigenvalue weighted by Crippen LogP contribution is -2.41. The van der Waals surface area contributed by atoms with Crippen LogP contribution in [0.2, 0.25) is 0 Å². The predicted molar refractivity (Wildman–Crippen MR) is 118 cm³/mol. The maximum atomic E-state index is 13.3. The summed E-state index contributed by atoms with van der Waals surface area (Å²) >= 11 is 0. The van der Waals surface area contributed by atoms with Gasteiger partial charge in [-0.3, -0.25) is 14.8 Å². The van der Waals surface area contributed by atoms with E-state index in [2.05, 4.69) is 9.88 Å². The number of amidine groups is 1. The highest BCUT2D eigenvalue weighted by Crippen LogP contribution is 2.34. The number of hydrogen-bond donors (Lipinski definition) is 1. The highest BCUT2D eigenvalue weighted by atomic mass is 19.1. The normalized spacial score (nSPS) is 22.8. The monoisotopic (exact) mass is 437 g/mol. The minimum atomic E-state index is -1.11. The first kappa shape index (κ1) is 21.2. The molecule has 3 aliphatic heterocycles. The first-order chi connectivity index (χ1) is 15.3. The van der Waals surface area contributed by atoms with E-state index in [1.807, 2.05) is 12.3 Å². The summed E-state index contributed by atoms with van der Waals surface area (Å²) in [6, 6.07) is 8.36. The molecule has 0 spiro atoms. The molecule has 1 N–H and O–H groups in total. The third-order valence-electron chi connectivity index (χ3n) is 6.79. The Hall–Kier alpha value is -2.64. The highest BCUT2D eigenvalue weighted by Gasteiger charge is 2.42. The van der Waals surface area contributed by atoms with Gasteiger partial charge in [0.05, 0.1) is 30.9 Å². The van der Waals surface area contributed by atoms with Gasteiger partial charge in [-0.2, -0.15) is 0 Å². The molecule has 2 saturated heterocycles. The fraction of sp³-hybridized carbons (Fsp3) is 0.480. The van der Waals surface area contributed by atoms with E-state index in [-0.39, 0.29) is 24.4 Å². The van der Waals surface area contributed by atoms with Crippen molar-refractivity contribution in [3.8, 4) is 0 Å². The van der Waals surface area contributed by atoms with Crippen LogP contribution in [0.1, 0.15) is 55.0 Å². The second kappa shape index (κ2) is 8.05. The van der Waals surface area contributed by atoms with E-state index in [1.54, 1.807) is 26.0 Å². The third kappa shape index (κ3) is 4.07. The van der Waals surface area contributed by atoms with Crippen LogP contribution in [0.4, 0.5) is 4.39 Å². The number of nitrogens with zero attached hydrogens (tertiary/aromatic N) is 3. The molecule has 2 bridgehead atoms. The van der Waals surface area contributed by atoms with E-state index in [0.717, 1.165) is 42.1 Å². The number of carbonyl (C=O) groups excluding carboxylic acids is 1. The molecule has 0 saturated carbocycles. The fourth-order valence-corrected chi connectivity index (χ4v) is 5.10. The van der Waals surface area contributed by atoms with Crippen LogP contribution in [0, 0.1) is 5.82 Å². The van der Waals surface area contributed by atoms with Crippen LogP contribution in [0.5, 0.6) is 0 Å². The van der Waals surface area contributed by atoms with Gasteiger partial charge in [-0.1, -0.05) is 12.1 Å². The van der Waals surface area contributed by atoms with Crippen molar-refractivity contribution in [2.75, 3.05) is 13.2 Å². The lowest BCUT2D eigenvalue weighted by atomic mass is 9.80. The van der Waals surface area contributed by atoms with Crippen LogP contribution in [0.15, 0.2) is 41.5 Å². The van der Waals surface area contributed by atoms with Crippen LogP contribution in [0.3, 0.4) is 0 Å². The maximum Gasteiger partial charge on any atom is 0.139 e. The number of Topliss-reactive ketones (excluding diaryl/α,β-unsaturated/α-hetero) is 1. The molecule has 5 rings (SSSR count). The molecule has 2 unspecified atom stereocenters. The van der Waals surface area contributed by atoms with Gasteiger partial charge in [-0.05, 0) is 49.6 Å². The van der Waals surface area contributed by atoms with Gasteiger partial charge in [-0.15, -0.1) is 0 Å². The summed E-state index contributed by atoms with van der Waals surface area (Å²) in [6.45, 7) is 5.60. The van der Waals surface area contributed by atoms with Gasteiger partial charge in [-0.25, -0.2) is 4.39 Å².